The molecule has 13 heavy (non-hydrogen) atoms. The molecule has 1 aromatic rings. The number of aromatic nitrogens is 3. The number of rotatable bonds is 3. The molecular formula is C9H16N4. The monoisotopic (exact) mass is 180 g/mol. The van der Waals surface area contributed by atoms with Gasteiger partial charge in [0.1, 0.15) is 12.7 Å². The van der Waals surface area contributed by atoms with E-state index in [1.807, 2.05) is 4.68 Å². The minimum Gasteiger partial charge on any atom is -0.314 e. The summed E-state index contributed by atoms with van der Waals surface area (Å²) in [4.78, 5) is 3.92. The summed E-state index contributed by atoms with van der Waals surface area (Å²) in [6.45, 7) is 2.17. The Balaban J connectivity index is 1.72. The van der Waals surface area contributed by atoms with Crippen LogP contribution in [0.2, 0.25) is 0 Å². The van der Waals surface area contributed by atoms with Gasteiger partial charge in [-0.15, -0.1) is 0 Å². The molecule has 1 N–H and O–H groups in total. The van der Waals surface area contributed by atoms with Gasteiger partial charge in [0.2, 0.25) is 0 Å². The molecule has 0 saturated carbocycles. The molecule has 1 aromatic heterocycles. The summed E-state index contributed by atoms with van der Waals surface area (Å²) >= 11 is 0. The van der Waals surface area contributed by atoms with Gasteiger partial charge in [-0.2, -0.15) is 5.10 Å². The Morgan fingerprint density at radius 1 is 1.46 bits per heavy atom. The van der Waals surface area contributed by atoms with Crippen molar-refractivity contribution in [2.24, 2.45) is 0 Å². The smallest absolute Gasteiger partial charge is 0.137 e. The minimum absolute atomic E-state index is 0.693. The summed E-state index contributed by atoms with van der Waals surface area (Å²) in [5.41, 5.74) is 0. The zero-order chi connectivity index (χ0) is 8.93. The first kappa shape index (κ1) is 8.69. The summed E-state index contributed by atoms with van der Waals surface area (Å²) in [5.74, 6) is 0. The molecule has 0 aromatic carbocycles. The Morgan fingerprint density at radius 3 is 3.15 bits per heavy atom. The third-order valence-corrected chi connectivity index (χ3v) is 2.59. The second-order valence-electron chi connectivity index (χ2n) is 3.59. The van der Waals surface area contributed by atoms with Crippen molar-refractivity contribution in [1.82, 2.24) is 20.1 Å². The lowest BCUT2D eigenvalue weighted by Gasteiger charge is -2.23. The fraction of sp³-hybridized carbons (Fsp3) is 0.778. The molecule has 1 saturated heterocycles. The summed E-state index contributed by atoms with van der Waals surface area (Å²) in [7, 11) is 0. The van der Waals surface area contributed by atoms with E-state index in [0.29, 0.717) is 6.04 Å². The average Bonchev–Trinajstić information content (AvgIpc) is 2.69. The fourth-order valence-electron chi connectivity index (χ4n) is 1.81. The Morgan fingerprint density at radius 2 is 2.46 bits per heavy atom. The van der Waals surface area contributed by atoms with Crippen molar-refractivity contribution in [3.63, 3.8) is 0 Å². The quantitative estimate of drug-likeness (QED) is 0.748. The number of hydrogen-bond donors (Lipinski definition) is 1. The van der Waals surface area contributed by atoms with Crippen LogP contribution in [0.4, 0.5) is 0 Å². The van der Waals surface area contributed by atoms with Crippen LogP contribution >= 0.6 is 0 Å². The molecule has 1 aliphatic rings. The van der Waals surface area contributed by atoms with Crippen molar-refractivity contribution in [2.45, 2.75) is 38.3 Å². The molecule has 1 fully saturated rings. The van der Waals surface area contributed by atoms with E-state index in [4.69, 9.17) is 0 Å². The van der Waals surface area contributed by atoms with Crippen LogP contribution in [0.25, 0.3) is 0 Å². The predicted octanol–water partition coefficient (Wildman–Crippen LogP) is 0.810. The summed E-state index contributed by atoms with van der Waals surface area (Å²) in [6, 6.07) is 0.693. The normalized spacial score (nSPS) is 23.2. The van der Waals surface area contributed by atoms with Gasteiger partial charge >= 0.3 is 0 Å². The molecule has 0 unspecified atom stereocenters. The van der Waals surface area contributed by atoms with Crippen molar-refractivity contribution in [2.75, 3.05) is 6.54 Å². The second-order valence-corrected chi connectivity index (χ2v) is 3.59. The van der Waals surface area contributed by atoms with Crippen molar-refractivity contribution in [1.29, 1.82) is 0 Å². The molecule has 72 valence electrons. The Labute approximate surface area is 78.4 Å². The molecule has 4 nitrogen and oxygen atoms in total. The zero-order valence-corrected chi connectivity index (χ0v) is 7.82. The minimum atomic E-state index is 0.693. The Bertz CT molecular complexity index is 226. The van der Waals surface area contributed by atoms with Crippen molar-refractivity contribution in [3.8, 4) is 0 Å². The topological polar surface area (TPSA) is 42.7 Å². The highest BCUT2D eigenvalue weighted by atomic mass is 15.3. The zero-order valence-electron chi connectivity index (χ0n) is 7.82. The molecule has 1 atom stereocenters. The van der Waals surface area contributed by atoms with Gasteiger partial charge in [-0.1, -0.05) is 6.42 Å². The maximum atomic E-state index is 4.08. The van der Waals surface area contributed by atoms with E-state index in [1.54, 1.807) is 12.7 Å². The molecule has 0 spiro atoms. The van der Waals surface area contributed by atoms with Crippen LogP contribution in [-0.2, 0) is 6.54 Å². The maximum absolute atomic E-state index is 4.08. The lowest BCUT2D eigenvalue weighted by molar-refractivity contribution is 0.360. The average molecular weight is 180 g/mol. The molecule has 0 amide bonds. The number of nitrogens with zero attached hydrogens (tertiary/aromatic N) is 3. The molecule has 4 heteroatoms. The van der Waals surface area contributed by atoms with Crippen molar-refractivity contribution < 1.29 is 0 Å². The highest BCUT2D eigenvalue weighted by Gasteiger charge is 2.11. The van der Waals surface area contributed by atoms with Gasteiger partial charge in [-0.25, -0.2) is 4.98 Å². The summed E-state index contributed by atoms with van der Waals surface area (Å²) in [5, 5.41) is 7.60. The van der Waals surface area contributed by atoms with E-state index >= 15 is 0 Å². The lowest BCUT2D eigenvalue weighted by Crippen LogP contribution is -2.34. The first-order valence-electron chi connectivity index (χ1n) is 5.01. The standard InChI is InChI=1S/C9H16N4/c1-2-5-11-9(3-1)4-6-13-8-10-7-12-13/h7-9,11H,1-6H2/t9-/m0/s1. The highest BCUT2D eigenvalue weighted by molar-refractivity contribution is 4.72. The molecule has 0 radical (unpaired) electrons. The molecule has 0 bridgehead atoms. The molecule has 1 aliphatic heterocycles. The molecule has 2 heterocycles. The molecular weight excluding hydrogens is 164 g/mol. The maximum Gasteiger partial charge on any atom is 0.137 e. The SMILES string of the molecule is c1ncn(CC[C@@H]2CCCCN2)n1. The van der Waals surface area contributed by atoms with Crippen molar-refractivity contribution in [3.05, 3.63) is 12.7 Å². The third kappa shape index (κ3) is 2.52. The van der Waals surface area contributed by atoms with Crippen LogP contribution in [0, 0.1) is 0 Å². The van der Waals surface area contributed by atoms with Gasteiger partial charge in [0.05, 0.1) is 0 Å². The van der Waals surface area contributed by atoms with Crippen LogP contribution in [-0.4, -0.2) is 27.4 Å². The van der Waals surface area contributed by atoms with Crippen LogP contribution in [0.3, 0.4) is 0 Å². The van der Waals surface area contributed by atoms with Gasteiger partial charge in [-0.05, 0) is 25.8 Å². The highest BCUT2D eigenvalue weighted by Crippen LogP contribution is 2.10. The summed E-state index contributed by atoms with van der Waals surface area (Å²) in [6.07, 6.45) is 8.56. The molecule has 2 rings (SSSR count). The van der Waals surface area contributed by atoms with E-state index < -0.39 is 0 Å². The number of piperidine rings is 1. The van der Waals surface area contributed by atoms with E-state index in [2.05, 4.69) is 15.4 Å². The lowest BCUT2D eigenvalue weighted by atomic mass is 10.0. The number of hydrogen-bond acceptors (Lipinski definition) is 3. The van der Waals surface area contributed by atoms with Crippen molar-refractivity contribution >= 4 is 0 Å². The Hall–Kier alpha value is -0.900. The predicted molar refractivity (Wildman–Crippen MR) is 50.3 cm³/mol. The number of nitrogens with one attached hydrogen (secondary N) is 1. The van der Waals surface area contributed by atoms with E-state index in [-0.39, 0.29) is 0 Å². The van der Waals surface area contributed by atoms with Crippen LogP contribution in [0.1, 0.15) is 25.7 Å². The largest absolute Gasteiger partial charge is 0.314 e. The summed E-state index contributed by atoms with van der Waals surface area (Å²) < 4.78 is 1.90. The van der Waals surface area contributed by atoms with Crippen LogP contribution in [0.15, 0.2) is 12.7 Å². The third-order valence-electron chi connectivity index (χ3n) is 2.59. The van der Waals surface area contributed by atoms with Gasteiger partial charge in [0.15, 0.2) is 0 Å². The van der Waals surface area contributed by atoms with Gasteiger partial charge in [0.25, 0.3) is 0 Å². The molecule has 0 aliphatic carbocycles. The second kappa shape index (κ2) is 4.37. The first-order chi connectivity index (χ1) is 6.45. The Kier molecular flexibility index (Phi) is 2.92. The van der Waals surface area contributed by atoms with Crippen LogP contribution < -0.4 is 5.32 Å². The first-order valence-corrected chi connectivity index (χ1v) is 5.01. The van der Waals surface area contributed by atoms with Gasteiger partial charge < -0.3 is 5.32 Å². The van der Waals surface area contributed by atoms with E-state index in [9.17, 15) is 0 Å². The van der Waals surface area contributed by atoms with E-state index in [0.717, 1.165) is 6.54 Å². The van der Waals surface area contributed by atoms with Gasteiger partial charge in [0, 0.05) is 12.6 Å². The number of aryl methyl sites for hydroxylation is 1. The van der Waals surface area contributed by atoms with Gasteiger partial charge in [-0.3, -0.25) is 4.68 Å². The van der Waals surface area contributed by atoms with Crippen LogP contribution in [0.5, 0.6) is 0 Å². The van der Waals surface area contributed by atoms with E-state index in [1.165, 1.54) is 32.2 Å². The fourth-order valence-corrected chi connectivity index (χ4v) is 1.81.